The number of alkyl halides is 1. The van der Waals surface area contributed by atoms with E-state index in [9.17, 15) is 9.18 Å². The predicted octanol–water partition coefficient (Wildman–Crippen LogP) is 2.29. The molecule has 1 aromatic rings. The van der Waals surface area contributed by atoms with Crippen molar-refractivity contribution in [2.75, 3.05) is 38.1 Å². The lowest BCUT2D eigenvalue weighted by Gasteiger charge is -2.34. The number of hydrogen-bond acceptors (Lipinski definition) is 2. The molecule has 0 bridgehead atoms. The Bertz CT molecular complexity index is 459. The summed E-state index contributed by atoms with van der Waals surface area (Å²) >= 11 is 3.42. The highest BCUT2D eigenvalue weighted by molar-refractivity contribution is 9.09. The maximum atomic E-state index is 13.5. The zero-order chi connectivity index (χ0) is 13.8. The van der Waals surface area contributed by atoms with Crippen molar-refractivity contribution in [2.45, 2.75) is 6.92 Å². The fraction of sp³-hybridized carbons (Fsp3) is 0.500. The Balaban J connectivity index is 1.99. The average Bonchev–Trinajstić information content (AvgIpc) is 2.42. The summed E-state index contributed by atoms with van der Waals surface area (Å²) in [5, 5.41) is 0.949. The number of aryl methyl sites for hydroxylation is 1. The minimum absolute atomic E-state index is 0.0719. The molecule has 19 heavy (non-hydrogen) atoms. The Labute approximate surface area is 121 Å². The van der Waals surface area contributed by atoms with Gasteiger partial charge in [0.15, 0.2) is 0 Å². The van der Waals surface area contributed by atoms with Gasteiger partial charge in [-0.2, -0.15) is 0 Å². The Hall–Kier alpha value is -0.940. The van der Waals surface area contributed by atoms with Crippen LogP contribution in [0.2, 0.25) is 0 Å². The van der Waals surface area contributed by atoms with E-state index < -0.39 is 0 Å². The van der Waals surface area contributed by atoms with Crippen molar-refractivity contribution in [1.82, 2.24) is 9.80 Å². The molecule has 0 N–H and O–H groups in total. The molecule has 1 heterocycles. The number of carbonyl (C=O) groups excluding carboxylic acids is 1. The minimum Gasteiger partial charge on any atom is -0.336 e. The second-order valence-electron chi connectivity index (χ2n) is 4.79. The first-order chi connectivity index (χ1) is 9.11. The number of nitrogens with zero attached hydrogens (tertiary/aromatic N) is 2. The molecule has 0 aromatic heterocycles. The second kappa shape index (κ2) is 6.48. The van der Waals surface area contributed by atoms with Crippen LogP contribution >= 0.6 is 15.9 Å². The van der Waals surface area contributed by atoms with Crippen LogP contribution in [0.15, 0.2) is 18.2 Å². The Morgan fingerprint density at radius 3 is 2.58 bits per heavy atom. The molecule has 2 rings (SSSR count). The van der Waals surface area contributed by atoms with E-state index in [1.807, 2.05) is 0 Å². The molecule has 0 atom stereocenters. The van der Waals surface area contributed by atoms with E-state index in [-0.39, 0.29) is 11.7 Å². The summed E-state index contributed by atoms with van der Waals surface area (Å²) in [6.07, 6.45) is 0. The first-order valence-corrected chi connectivity index (χ1v) is 7.57. The van der Waals surface area contributed by atoms with Gasteiger partial charge >= 0.3 is 0 Å². The molecule has 1 amide bonds. The van der Waals surface area contributed by atoms with E-state index in [0.717, 1.165) is 25.0 Å². The summed E-state index contributed by atoms with van der Waals surface area (Å²) in [6.45, 7) is 5.88. The number of amides is 1. The van der Waals surface area contributed by atoms with E-state index >= 15 is 0 Å². The molecule has 0 unspecified atom stereocenters. The lowest BCUT2D eigenvalue weighted by Crippen LogP contribution is -2.49. The van der Waals surface area contributed by atoms with Gasteiger partial charge in [0.2, 0.25) is 0 Å². The standard InChI is InChI=1S/C14H18BrFN2O/c1-11-2-3-12(10-13(11)16)14(19)18-8-6-17(5-4-15)7-9-18/h2-3,10H,4-9H2,1H3. The van der Waals surface area contributed by atoms with Crippen molar-refractivity contribution < 1.29 is 9.18 Å². The number of carbonyl (C=O) groups is 1. The monoisotopic (exact) mass is 328 g/mol. The van der Waals surface area contributed by atoms with E-state index in [1.165, 1.54) is 6.07 Å². The SMILES string of the molecule is Cc1ccc(C(=O)N2CCN(CCBr)CC2)cc1F. The molecule has 0 aliphatic carbocycles. The summed E-state index contributed by atoms with van der Waals surface area (Å²) < 4.78 is 13.5. The highest BCUT2D eigenvalue weighted by Crippen LogP contribution is 2.13. The van der Waals surface area contributed by atoms with Crippen LogP contribution in [-0.2, 0) is 0 Å². The van der Waals surface area contributed by atoms with Crippen LogP contribution in [0.25, 0.3) is 0 Å². The van der Waals surface area contributed by atoms with Gasteiger partial charge in [-0.05, 0) is 24.6 Å². The van der Waals surface area contributed by atoms with Gasteiger partial charge in [0.1, 0.15) is 5.82 Å². The summed E-state index contributed by atoms with van der Waals surface area (Å²) in [7, 11) is 0. The smallest absolute Gasteiger partial charge is 0.254 e. The third-order valence-electron chi connectivity index (χ3n) is 3.48. The van der Waals surface area contributed by atoms with E-state index in [0.29, 0.717) is 24.2 Å². The van der Waals surface area contributed by atoms with Gasteiger partial charge in [0.25, 0.3) is 5.91 Å². The third-order valence-corrected chi connectivity index (χ3v) is 3.83. The van der Waals surface area contributed by atoms with Gasteiger partial charge in [-0.1, -0.05) is 22.0 Å². The summed E-state index contributed by atoms with van der Waals surface area (Å²) in [4.78, 5) is 16.4. The van der Waals surface area contributed by atoms with Crippen LogP contribution in [0.1, 0.15) is 15.9 Å². The number of rotatable bonds is 3. The molecular weight excluding hydrogens is 311 g/mol. The van der Waals surface area contributed by atoms with Crippen LogP contribution in [0.4, 0.5) is 4.39 Å². The summed E-state index contributed by atoms with van der Waals surface area (Å²) in [6, 6.07) is 4.69. The number of piperazine rings is 1. The van der Waals surface area contributed by atoms with Gasteiger partial charge in [-0.15, -0.1) is 0 Å². The lowest BCUT2D eigenvalue weighted by atomic mass is 10.1. The fourth-order valence-corrected chi connectivity index (χ4v) is 2.70. The summed E-state index contributed by atoms with van der Waals surface area (Å²) in [5.41, 5.74) is 1.01. The molecule has 0 radical (unpaired) electrons. The Morgan fingerprint density at radius 2 is 2.00 bits per heavy atom. The normalized spacial score (nSPS) is 16.7. The van der Waals surface area contributed by atoms with Crippen LogP contribution in [0.3, 0.4) is 0 Å². The minimum atomic E-state index is -0.316. The van der Waals surface area contributed by atoms with Gasteiger partial charge in [-0.3, -0.25) is 9.69 Å². The Morgan fingerprint density at radius 1 is 1.32 bits per heavy atom. The van der Waals surface area contributed by atoms with Crippen LogP contribution in [0.5, 0.6) is 0 Å². The number of hydrogen-bond donors (Lipinski definition) is 0. The molecular formula is C14H18BrFN2O. The molecule has 5 heteroatoms. The Kier molecular flexibility index (Phi) is 4.93. The van der Waals surface area contributed by atoms with Crippen molar-refractivity contribution in [3.05, 3.63) is 35.1 Å². The number of halogens is 2. The zero-order valence-corrected chi connectivity index (χ0v) is 12.6. The highest BCUT2D eigenvalue weighted by Gasteiger charge is 2.22. The van der Waals surface area contributed by atoms with Crippen LogP contribution in [-0.4, -0.2) is 53.8 Å². The van der Waals surface area contributed by atoms with Gasteiger partial charge in [-0.25, -0.2) is 4.39 Å². The maximum absolute atomic E-state index is 13.5. The molecule has 1 aliphatic heterocycles. The van der Waals surface area contributed by atoms with Crippen LogP contribution < -0.4 is 0 Å². The maximum Gasteiger partial charge on any atom is 0.254 e. The van der Waals surface area contributed by atoms with Crippen molar-refractivity contribution in [1.29, 1.82) is 0 Å². The second-order valence-corrected chi connectivity index (χ2v) is 5.58. The van der Waals surface area contributed by atoms with E-state index in [2.05, 4.69) is 20.8 Å². The average molecular weight is 329 g/mol. The third kappa shape index (κ3) is 3.54. The molecule has 1 aromatic carbocycles. The largest absolute Gasteiger partial charge is 0.336 e. The molecule has 1 fully saturated rings. The number of benzene rings is 1. The quantitative estimate of drug-likeness (QED) is 0.795. The first-order valence-electron chi connectivity index (χ1n) is 6.45. The fourth-order valence-electron chi connectivity index (χ4n) is 2.20. The molecule has 0 saturated carbocycles. The van der Waals surface area contributed by atoms with Gasteiger partial charge in [0.05, 0.1) is 0 Å². The van der Waals surface area contributed by atoms with Crippen molar-refractivity contribution in [3.63, 3.8) is 0 Å². The van der Waals surface area contributed by atoms with Crippen molar-refractivity contribution >= 4 is 21.8 Å². The van der Waals surface area contributed by atoms with Crippen molar-refractivity contribution in [2.24, 2.45) is 0 Å². The molecule has 104 valence electrons. The predicted molar refractivity (Wildman–Crippen MR) is 77.3 cm³/mol. The zero-order valence-electron chi connectivity index (χ0n) is 11.0. The molecule has 3 nitrogen and oxygen atoms in total. The van der Waals surface area contributed by atoms with Gasteiger partial charge < -0.3 is 4.90 Å². The topological polar surface area (TPSA) is 23.6 Å². The highest BCUT2D eigenvalue weighted by atomic mass is 79.9. The van der Waals surface area contributed by atoms with Gasteiger partial charge in [0, 0.05) is 43.6 Å². The van der Waals surface area contributed by atoms with E-state index in [1.54, 1.807) is 24.0 Å². The summed E-state index contributed by atoms with van der Waals surface area (Å²) in [5.74, 6) is -0.388. The molecule has 0 spiro atoms. The first kappa shape index (κ1) is 14.5. The lowest BCUT2D eigenvalue weighted by molar-refractivity contribution is 0.0644. The molecule has 1 aliphatic rings. The van der Waals surface area contributed by atoms with Crippen molar-refractivity contribution in [3.8, 4) is 0 Å². The van der Waals surface area contributed by atoms with Crippen LogP contribution in [0, 0.1) is 12.7 Å². The van der Waals surface area contributed by atoms with E-state index in [4.69, 9.17) is 0 Å². The molecule has 1 saturated heterocycles.